The smallest absolute Gasteiger partial charge is 0.265 e. The Morgan fingerprint density at radius 2 is 1.62 bits per heavy atom. The fourth-order valence-corrected chi connectivity index (χ4v) is 3.70. The molecule has 2 N–H and O–H groups in total. The SMILES string of the molecule is C[C@@H](Oc1ccccc1C(=O)NCc1ccccc1)C(=O)Nc1ccc(N2CCOCC2)cc1. The van der Waals surface area contributed by atoms with Crippen LogP contribution in [-0.4, -0.2) is 44.2 Å². The number of amides is 2. The van der Waals surface area contributed by atoms with Gasteiger partial charge in [-0.1, -0.05) is 42.5 Å². The van der Waals surface area contributed by atoms with Gasteiger partial charge in [-0.3, -0.25) is 9.59 Å². The van der Waals surface area contributed by atoms with Crippen molar-refractivity contribution in [1.82, 2.24) is 5.32 Å². The predicted octanol–water partition coefficient (Wildman–Crippen LogP) is 3.86. The summed E-state index contributed by atoms with van der Waals surface area (Å²) < 4.78 is 11.3. The first-order valence-corrected chi connectivity index (χ1v) is 11.4. The van der Waals surface area contributed by atoms with Gasteiger partial charge in [-0.25, -0.2) is 0 Å². The van der Waals surface area contributed by atoms with Gasteiger partial charge in [-0.2, -0.15) is 0 Å². The molecular formula is C27H29N3O4. The summed E-state index contributed by atoms with van der Waals surface area (Å²) in [6, 6.07) is 24.3. The number of ether oxygens (including phenoxy) is 2. The van der Waals surface area contributed by atoms with Crippen LogP contribution in [0.15, 0.2) is 78.9 Å². The second-order valence-corrected chi connectivity index (χ2v) is 8.06. The summed E-state index contributed by atoms with van der Waals surface area (Å²) in [6.07, 6.45) is -0.790. The number of morpholine rings is 1. The number of nitrogens with zero attached hydrogens (tertiary/aromatic N) is 1. The molecule has 0 aliphatic carbocycles. The van der Waals surface area contributed by atoms with E-state index in [0.717, 1.165) is 37.6 Å². The molecule has 34 heavy (non-hydrogen) atoms. The zero-order chi connectivity index (χ0) is 23.8. The van der Waals surface area contributed by atoms with Crippen LogP contribution in [0.5, 0.6) is 5.75 Å². The Kier molecular flexibility index (Phi) is 7.78. The van der Waals surface area contributed by atoms with E-state index < -0.39 is 6.10 Å². The number of anilines is 2. The minimum Gasteiger partial charge on any atom is -0.480 e. The van der Waals surface area contributed by atoms with Crippen molar-refractivity contribution in [2.24, 2.45) is 0 Å². The molecule has 1 atom stereocenters. The summed E-state index contributed by atoms with van der Waals surface area (Å²) in [4.78, 5) is 27.7. The first-order valence-electron chi connectivity index (χ1n) is 11.4. The zero-order valence-electron chi connectivity index (χ0n) is 19.2. The van der Waals surface area contributed by atoms with E-state index in [0.29, 0.717) is 23.5 Å². The maximum atomic E-state index is 12.7. The average molecular weight is 460 g/mol. The van der Waals surface area contributed by atoms with Crippen molar-refractivity contribution in [1.29, 1.82) is 0 Å². The van der Waals surface area contributed by atoms with Crippen LogP contribution in [0.25, 0.3) is 0 Å². The molecule has 1 aliphatic rings. The molecule has 7 nitrogen and oxygen atoms in total. The van der Waals surface area contributed by atoms with Crippen molar-refractivity contribution in [3.63, 3.8) is 0 Å². The fraction of sp³-hybridized carbons (Fsp3) is 0.259. The van der Waals surface area contributed by atoms with Crippen molar-refractivity contribution in [2.45, 2.75) is 19.6 Å². The summed E-state index contributed by atoms with van der Waals surface area (Å²) in [5.74, 6) is -0.192. The van der Waals surface area contributed by atoms with Gasteiger partial charge < -0.3 is 25.0 Å². The highest BCUT2D eigenvalue weighted by Gasteiger charge is 2.19. The van der Waals surface area contributed by atoms with E-state index in [1.165, 1.54) is 0 Å². The standard InChI is InChI=1S/C27H29N3O4/c1-20(26(31)29-22-11-13-23(14-12-22)30-15-17-33-18-16-30)34-25-10-6-5-9-24(25)27(32)28-19-21-7-3-2-4-8-21/h2-14,20H,15-19H2,1H3,(H,28,32)(H,29,31)/t20-/m1/s1. The van der Waals surface area contributed by atoms with Gasteiger partial charge >= 0.3 is 0 Å². The van der Waals surface area contributed by atoms with Crippen LogP contribution in [0.4, 0.5) is 11.4 Å². The number of para-hydroxylation sites is 1. The summed E-state index contributed by atoms with van der Waals surface area (Å²) in [6.45, 7) is 5.22. The van der Waals surface area contributed by atoms with Crippen LogP contribution in [0, 0.1) is 0 Å². The third-order valence-electron chi connectivity index (χ3n) is 5.61. The number of hydrogen-bond acceptors (Lipinski definition) is 5. The quantitative estimate of drug-likeness (QED) is 0.535. The Bertz CT molecular complexity index is 1100. The van der Waals surface area contributed by atoms with Crippen LogP contribution in [0.1, 0.15) is 22.8 Å². The van der Waals surface area contributed by atoms with E-state index in [9.17, 15) is 9.59 Å². The number of carbonyl (C=O) groups is 2. The number of carbonyl (C=O) groups excluding carboxylic acids is 2. The molecule has 1 saturated heterocycles. The van der Waals surface area contributed by atoms with Crippen LogP contribution in [0.2, 0.25) is 0 Å². The minimum absolute atomic E-state index is 0.259. The maximum Gasteiger partial charge on any atom is 0.265 e. The highest BCUT2D eigenvalue weighted by molar-refractivity contribution is 5.97. The molecule has 1 aliphatic heterocycles. The molecule has 2 amide bonds. The van der Waals surface area contributed by atoms with E-state index in [1.54, 1.807) is 31.2 Å². The number of rotatable bonds is 8. The van der Waals surface area contributed by atoms with Crippen LogP contribution in [-0.2, 0) is 16.1 Å². The van der Waals surface area contributed by atoms with E-state index >= 15 is 0 Å². The van der Waals surface area contributed by atoms with E-state index in [-0.39, 0.29) is 11.8 Å². The predicted molar refractivity (Wildman–Crippen MR) is 132 cm³/mol. The molecule has 0 unspecified atom stereocenters. The summed E-state index contributed by atoms with van der Waals surface area (Å²) in [5, 5.41) is 5.78. The zero-order valence-corrected chi connectivity index (χ0v) is 19.2. The molecule has 3 aromatic rings. The molecule has 3 aromatic carbocycles. The van der Waals surface area contributed by atoms with E-state index in [2.05, 4.69) is 15.5 Å². The molecule has 7 heteroatoms. The Morgan fingerprint density at radius 3 is 2.35 bits per heavy atom. The third-order valence-corrected chi connectivity index (χ3v) is 5.61. The topological polar surface area (TPSA) is 79.9 Å². The van der Waals surface area contributed by atoms with Crippen molar-refractivity contribution in [2.75, 3.05) is 36.5 Å². The lowest BCUT2D eigenvalue weighted by atomic mass is 10.1. The van der Waals surface area contributed by atoms with Gasteiger partial charge in [0.1, 0.15) is 5.75 Å². The van der Waals surface area contributed by atoms with Gasteiger partial charge in [0.25, 0.3) is 11.8 Å². The summed E-state index contributed by atoms with van der Waals surface area (Å²) in [5.41, 5.74) is 3.17. The monoisotopic (exact) mass is 459 g/mol. The molecular weight excluding hydrogens is 430 g/mol. The lowest BCUT2D eigenvalue weighted by Crippen LogP contribution is -2.36. The largest absolute Gasteiger partial charge is 0.480 e. The molecule has 0 aromatic heterocycles. The third kappa shape index (κ3) is 6.14. The summed E-state index contributed by atoms with van der Waals surface area (Å²) in [7, 11) is 0. The lowest BCUT2D eigenvalue weighted by molar-refractivity contribution is -0.122. The van der Waals surface area contributed by atoms with Gasteiger partial charge in [-0.15, -0.1) is 0 Å². The molecule has 0 bridgehead atoms. The normalized spacial score (nSPS) is 14.2. The Balaban J connectivity index is 1.34. The second-order valence-electron chi connectivity index (χ2n) is 8.06. The molecule has 1 fully saturated rings. The van der Waals surface area contributed by atoms with E-state index in [1.807, 2.05) is 54.6 Å². The van der Waals surface area contributed by atoms with Crippen molar-refractivity contribution in [3.8, 4) is 5.75 Å². The number of benzene rings is 3. The fourth-order valence-electron chi connectivity index (χ4n) is 3.70. The maximum absolute atomic E-state index is 12.7. The van der Waals surface area contributed by atoms with Gasteiger partial charge in [0.15, 0.2) is 6.10 Å². The molecule has 1 heterocycles. The van der Waals surface area contributed by atoms with Gasteiger partial charge in [-0.05, 0) is 48.9 Å². The number of hydrogen-bond donors (Lipinski definition) is 2. The van der Waals surface area contributed by atoms with Gasteiger partial charge in [0, 0.05) is 31.0 Å². The Hall–Kier alpha value is -3.84. The highest BCUT2D eigenvalue weighted by atomic mass is 16.5. The van der Waals surface area contributed by atoms with Crippen LogP contribution < -0.4 is 20.3 Å². The highest BCUT2D eigenvalue weighted by Crippen LogP contribution is 2.22. The first kappa shape index (κ1) is 23.3. The average Bonchev–Trinajstić information content (AvgIpc) is 2.89. The molecule has 0 radical (unpaired) electrons. The van der Waals surface area contributed by atoms with Crippen LogP contribution >= 0.6 is 0 Å². The minimum atomic E-state index is -0.790. The van der Waals surface area contributed by atoms with Crippen molar-refractivity contribution < 1.29 is 19.1 Å². The van der Waals surface area contributed by atoms with Gasteiger partial charge in [0.2, 0.25) is 0 Å². The first-order chi connectivity index (χ1) is 16.6. The molecule has 0 spiro atoms. The van der Waals surface area contributed by atoms with E-state index in [4.69, 9.17) is 9.47 Å². The van der Waals surface area contributed by atoms with Crippen molar-refractivity contribution >= 4 is 23.2 Å². The van der Waals surface area contributed by atoms with Crippen LogP contribution in [0.3, 0.4) is 0 Å². The molecule has 4 rings (SSSR count). The number of nitrogens with one attached hydrogen (secondary N) is 2. The summed E-state index contributed by atoms with van der Waals surface area (Å²) >= 11 is 0. The van der Waals surface area contributed by atoms with Crippen molar-refractivity contribution in [3.05, 3.63) is 90.0 Å². The molecule has 0 saturated carbocycles. The molecule has 176 valence electrons. The van der Waals surface area contributed by atoms with Gasteiger partial charge in [0.05, 0.1) is 18.8 Å². The Labute approximate surface area is 199 Å². The lowest BCUT2D eigenvalue weighted by Gasteiger charge is -2.29. The second kappa shape index (κ2) is 11.3. The Morgan fingerprint density at radius 1 is 0.941 bits per heavy atom.